The standard InChI is InChI=1S/C20H12/c1-2-6-14-12-19-15(11-13(14)5-1)9-10-18-16-7-3-4-8-17(16)20(18)19/h1-12H. The Hall–Kier alpha value is -2.60. The van der Waals surface area contributed by atoms with Crippen molar-refractivity contribution in [2.45, 2.75) is 0 Å². The molecule has 0 unspecified atom stereocenters. The molecule has 0 fully saturated rings. The lowest BCUT2D eigenvalue weighted by Crippen LogP contribution is -1.98. The van der Waals surface area contributed by atoms with Crippen LogP contribution >= 0.6 is 0 Å². The lowest BCUT2D eigenvalue weighted by molar-refractivity contribution is 1.56. The van der Waals surface area contributed by atoms with Crippen molar-refractivity contribution in [3.8, 4) is 22.3 Å². The zero-order valence-corrected chi connectivity index (χ0v) is 10.9. The summed E-state index contributed by atoms with van der Waals surface area (Å²) in [5.41, 5.74) is 5.59. The molecule has 5 rings (SSSR count). The van der Waals surface area contributed by atoms with E-state index in [0.717, 1.165) is 0 Å². The second kappa shape index (κ2) is 3.49. The molecule has 0 spiro atoms. The van der Waals surface area contributed by atoms with Gasteiger partial charge < -0.3 is 0 Å². The van der Waals surface area contributed by atoms with Crippen LogP contribution in [-0.4, -0.2) is 0 Å². The average molecular weight is 252 g/mol. The molecular weight excluding hydrogens is 240 g/mol. The second-order valence-corrected chi connectivity index (χ2v) is 5.45. The molecule has 0 heterocycles. The zero-order valence-electron chi connectivity index (χ0n) is 10.9. The Morgan fingerprint density at radius 3 is 2.00 bits per heavy atom. The van der Waals surface area contributed by atoms with Gasteiger partial charge in [0.1, 0.15) is 0 Å². The largest absolute Gasteiger partial charge is 0.0616 e. The van der Waals surface area contributed by atoms with Crippen LogP contribution in [0.15, 0.2) is 72.8 Å². The maximum absolute atomic E-state index is 2.33. The third-order valence-corrected chi connectivity index (χ3v) is 4.37. The molecule has 0 aromatic heterocycles. The molecule has 0 amide bonds. The highest BCUT2D eigenvalue weighted by atomic mass is 14.3. The minimum Gasteiger partial charge on any atom is -0.0616 e. The molecule has 1 aliphatic rings. The van der Waals surface area contributed by atoms with Crippen molar-refractivity contribution in [1.82, 2.24) is 0 Å². The summed E-state index contributed by atoms with van der Waals surface area (Å²) in [6.45, 7) is 0. The van der Waals surface area contributed by atoms with Crippen molar-refractivity contribution < 1.29 is 0 Å². The highest BCUT2D eigenvalue weighted by molar-refractivity contribution is 6.16. The first kappa shape index (κ1) is 10.2. The van der Waals surface area contributed by atoms with E-state index in [1.165, 1.54) is 43.8 Å². The summed E-state index contributed by atoms with van der Waals surface area (Å²) in [4.78, 5) is 0. The third-order valence-electron chi connectivity index (χ3n) is 4.37. The summed E-state index contributed by atoms with van der Waals surface area (Å²) in [6, 6.07) is 26.4. The first-order valence-electron chi connectivity index (χ1n) is 6.97. The van der Waals surface area contributed by atoms with Crippen molar-refractivity contribution in [2.75, 3.05) is 0 Å². The van der Waals surface area contributed by atoms with Crippen molar-refractivity contribution >= 4 is 21.5 Å². The summed E-state index contributed by atoms with van der Waals surface area (Å²) in [6.07, 6.45) is 0. The van der Waals surface area contributed by atoms with Gasteiger partial charge in [-0.1, -0.05) is 60.7 Å². The normalized spacial score (nSPS) is 12.0. The lowest BCUT2D eigenvalue weighted by atomic mass is 9.77. The highest BCUT2D eigenvalue weighted by Gasteiger charge is 2.23. The molecule has 1 aliphatic carbocycles. The van der Waals surface area contributed by atoms with Gasteiger partial charge in [-0.05, 0) is 55.9 Å². The van der Waals surface area contributed by atoms with E-state index in [1.807, 2.05) is 0 Å². The Morgan fingerprint density at radius 2 is 1.15 bits per heavy atom. The fourth-order valence-electron chi connectivity index (χ4n) is 3.40. The summed E-state index contributed by atoms with van der Waals surface area (Å²) >= 11 is 0. The molecule has 0 radical (unpaired) electrons. The van der Waals surface area contributed by atoms with Crippen molar-refractivity contribution in [2.24, 2.45) is 0 Å². The first-order valence-corrected chi connectivity index (χ1v) is 6.97. The van der Waals surface area contributed by atoms with Crippen LogP contribution in [0.1, 0.15) is 0 Å². The van der Waals surface area contributed by atoms with Crippen molar-refractivity contribution in [3.05, 3.63) is 72.8 Å². The van der Waals surface area contributed by atoms with Crippen LogP contribution in [0.25, 0.3) is 43.8 Å². The second-order valence-electron chi connectivity index (χ2n) is 5.45. The van der Waals surface area contributed by atoms with Gasteiger partial charge in [0.05, 0.1) is 0 Å². The first-order chi connectivity index (χ1) is 9.92. The van der Waals surface area contributed by atoms with Gasteiger partial charge in [0, 0.05) is 0 Å². The quantitative estimate of drug-likeness (QED) is 0.313. The monoisotopic (exact) mass is 252 g/mol. The molecule has 0 saturated heterocycles. The molecule has 0 heteroatoms. The third kappa shape index (κ3) is 1.16. The van der Waals surface area contributed by atoms with E-state index in [-0.39, 0.29) is 0 Å². The Morgan fingerprint density at radius 1 is 0.450 bits per heavy atom. The molecule has 4 aromatic carbocycles. The number of fused-ring (bicyclic) bond motifs is 7. The lowest BCUT2D eigenvalue weighted by Gasteiger charge is -2.25. The van der Waals surface area contributed by atoms with Gasteiger partial charge in [0.25, 0.3) is 0 Å². The highest BCUT2D eigenvalue weighted by Crippen LogP contribution is 2.50. The molecule has 0 atom stereocenters. The minimum absolute atomic E-state index is 1.31. The Balaban J connectivity index is 1.94. The van der Waals surface area contributed by atoms with Crippen LogP contribution < -0.4 is 0 Å². The number of hydrogen-bond acceptors (Lipinski definition) is 0. The Kier molecular flexibility index (Phi) is 1.78. The van der Waals surface area contributed by atoms with Gasteiger partial charge >= 0.3 is 0 Å². The smallest absolute Gasteiger partial charge is 0.00201 e. The number of benzene rings is 4. The van der Waals surface area contributed by atoms with E-state index < -0.39 is 0 Å². The fraction of sp³-hybridized carbons (Fsp3) is 0. The predicted molar refractivity (Wildman–Crippen MR) is 85.9 cm³/mol. The minimum atomic E-state index is 1.31. The zero-order chi connectivity index (χ0) is 13.1. The van der Waals surface area contributed by atoms with Gasteiger partial charge in [-0.3, -0.25) is 0 Å². The maximum Gasteiger partial charge on any atom is -0.00201 e. The number of hydrogen-bond donors (Lipinski definition) is 0. The predicted octanol–water partition coefficient (Wildman–Crippen LogP) is 5.64. The maximum atomic E-state index is 2.33. The van der Waals surface area contributed by atoms with Gasteiger partial charge in [-0.15, -0.1) is 0 Å². The van der Waals surface area contributed by atoms with Gasteiger partial charge in [0.15, 0.2) is 0 Å². The molecule has 92 valence electrons. The van der Waals surface area contributed by atoms with Crippen LogP contribution in [0.5, 0.6) is 0 Å². The van der Waals surface area contributed by atoms with Gasteiger partial charge in [-0.2, -0.15) is 0 Å². The molecule has 0 bridgehead atoms. The molecule has 0 N–H and O–H groups in total. The number of rotatable bonds is 0. The van der Waals surface area contributed by atoms with E-state index in [1.54, 1.807) is 0 Å². The van der Waals surface area contributed by atoms with Crippen LogP contribution in [-0.2, 0) is 0 Å². The van der Waals surface area contributed by atoms with Crippen LogP contribution in [0, 0.1) is 0 Å². The Labute approximate surface area is 117 Å². The summed E-state index contributed by atoms with van der Waals surface area (Å²) in [5.74, 6) is 0. The van der Waals surface area contributed by atoms with E-state index in [4.69, 9.17) is 0 Å². The van der Waals surface area contributed by atoms with Crippen molar-refractivity contribution in [1.29, 1.82) is 0 Å². The van der Waals surface area contributed by atoms with E-state index >= 15 is 0 Å². The average Bonchev–Trinajstić information content (AvgIpc) is 2.49. The SMILES string of the molecule is c1ccc2c(c1)-c1ccc3cc4ccccc4cc3c1-2. The van der Waals surface area contributed by atoms with Crippen molar-refractivity contribution in [3.63, 3.8) is 0 Å². The van der Waals surface area contributed by atoms with Crippen LogP contribution in [0.3, 0.4) is 0 Å². The topological polar surface area (TPSA) is 0 Å². The van der Waals surface area contributed by atoms with E-state index in [9.17, 15) is 0 Å². The molecule has 0 saturated carbocycles. The summed E-state index contributed by atoms with van der Waals surface area (Å²) in [7, 11) is 0. The van der Waals surface area contributed by atoms with E-state index in [2.05, 4.69) is 72.8 Å². The molecule has 4 aromatic rings. The van der Waals surface area contributed by atoms with Gasteiger partial charge in [-0.25, -0.2) is 0 Å². The molecule has 0 nitrogen and oxygen atoms in total. The van der Waals surface area contributed by atoms with Crippen LogP contribution in [0.4, 0.5) is 0 Å². The molecule has 0 aliphatic heterocycles. The molecular formula is C20H12. The summed E-state index contributed by atoms with van der Waals surface area (Å²) < 4.78 is 0. The fourth-order valence-corrected chi connectivity index (χ4v) is 3.40. The molecule has 20 heavy (non-hydrogen) atoms. The van der Waals surface area contributed by atoms with Crippen LogP contribution in [0.2, 0.25) is 0 Å². The van der Waals surface area contributed by atoms with Gasteiger partial charge in [0.2, 0.25) is 0 Å². The Bertz CT molecular complexity index is 993. The summed E-state index contributed by atoms with van der Waals surface area (Å²) in [5, 5.41) is 5.34. The van der Waals surface area contributed by atoms with E-state index in [0.29, 0.717) is 0 Å².